The van der Waals surface area contributed by atoms with Gasteiger partial charge in [-0.2, -0.15) is 13.2 Å². The maximum atomic E-state index is 12.2. The summed E-state index contributed by atoms with van der Waals surface area (Å²) < 4.78 is 36.6. The van der Waals surface area contributed by atoms with E-state index in [-0.39, 0.29) is 18.5 Å². The van der Waals surface area contributed by atoms with E-state index in [4.69, 9.17) is 5.73 Å². The molecule has 0 spiro atoms. The summed E-state index contributed by atoms with van der Waals surface area (Å²) in [7, 11) is 0. The van der Waals surface area contributed by atoms with Crippen LogP contribution in [0.2, 0.25) is 0 Å². The summed E-state index contributed by atoms with van der Waals surface area (Å²) in [5, 5.41) is 0. The second-order valence-corrected chi connectivity index (χ2v) is 2.98. The van der Waals surface area contributed by atoms with E-state index in [0.717, 1.165) is 6.07 Å². The van der Waals surface area contributed by atoms with Crippen LogP contribution in [-0.2, 0) is 17.4 Å². The first-order valence-electron chi connectivity index (χ1n) is 4.21. The minimum absolute atomic E-state index is 0.00564. The van der Waals surface area contributed by atoms with Crippen molar-refractivity contribution >= 4 is 5.91 Å². The lowest BCUT2D eigenvalue weighted by molar-refractivity contribution is -0.141. The van der Waals surface area contributed by atoms with Crippen LogP contribution in [0.4, 0.5) is 13.2 Å². The van der Waals surface area contributed by atoms with Crippen molar-refractivity contribution in [1.82, 2.24) is 4.98 Å². The van der Waals surface area contributed by atoms with Gasteiger partial charge in [0.05, 0.1) is 0 Å². The van der Waals surface area contributed by atoms with Crippen LogP contribution in [0.15, 0.2) is 18.2 Å². The van der Waals surface area contributed by atoms with Gasteiger partial charge in [-0.3, -0.25) is 4.79 Å². The van der Waals surface area contributed by atoms with Crippen LogP contribution in [-0.4, -0.2) is 10.9 Å². The summed E-state index contributed by atoms with van der Waals surface area (Å²) in [6, 6.07) is 3.57. The van der Waals surface area contributed by atoms with Crippen molar-refractivity contribution < 1.29 is 18.0 Å². The molecule has 1 aromatic heterocycles. The number of primary amides is 1. The van der Waals surface area contributed by atoms with Gasteiger partial charge in [-0.15, -0.1) is 0 Å². The zero-order valence-electron chi connectivity index (χ0n) is 7.71. The average molecular weight is 218 g/mol. The number of nitrogens with zero attached hydrogens (tertiary/aromatic N) is 1. The lowest BCUT2D eigenvalue weighted by Gasteiger charge is -2.06. The Morgan fingerprint density at radius 1 is 1.40 bits per heavy atom. The molecule has 0 aliphatic carbocycles. The fourth-order valence-electron chi connectivity index (χ4n) is 1.03. The molecule has 0 unspecified atom stereocenters. The fourth-order valence-corrected chi connectivity index (χ4v) is 1.03. The summed E-state index contributed by atoms with van der Waals surface area (Å²) >= 11 is 0. The van der Waals surface area contributed by atoms with Crippen LogP contribution < -0.4 is 5.73 Å². The topological polar surface area (TPSA) is 56.0 Å². The molecule has 15 heavy (non-hydrogen) atoms. The highest BCUT2D eigenvalue weighted by Gasteiger charge is 2.32. The van der Waals surface area contributed by atoms with Crippen molar-refractivity contribution in [3.8, 4) is 0 Å². The van der Waals surface area contributed by atoms with Gasteiger partial charge in [0.25, 0.3) is 0 Å². The van der Waals surface area contributed by atoms with Crippen molar-refractivity contribution in [2.75, 3.05) is 0 Å². The van der Waals surface area contributed by atoms with E-state index in [1.165, 1.54) is 12.1 Å². The van der Waals surface area contributed by atoms with E-state index in [1.807, 2.05) is 0 Å². The molecule has 0 aliphatic rings. The third-order valence-corrected chi connectivity index (χ3v) is 1.72. The number of carbonyl (C=O) groups is 1. The van der Waals surface area contributed by atoms with Crippen molar-refractivity contribution in [3.05, 3.63) is 29.6 Å². The molecular weight excluding hydrogens is 209 g/mol. The molecule has 0 aromatic carbocycles. The number of hydrogen-bond donors (Lipinski definition) is 1. The third kappa shape index (κ3) is 3.57. The minimum Gasteiger partial charge on any atom is -0.370 e. The molecule has 3 nitrogen and oxygen atoms in total. The summed E-state index contributed by atoms with van der Waals surface area (Å²) in [6.07, 6.45) is -4.34. The van der Waals surface area contributed by atoms with Crippen LogP contribution in [0.3, 0.4) is 0 Å². The first kappa shape index (κ1) is 11.5. The molecule has 1 heterocycles. The van der Waals surface area contributed by atoms with Gasteiger partial charge >= 0.3 is 6.18 Å². The van der Waals surface area contributed by atoms with Gasteiger partial charge in [-0.05, 0) is 18.6 Å². The third-order valence-electron chi connectivity index (χ3n) is 1.72. The molecular formula is C9H9F3N2O. The van der Waals surface area contributed by atoms with Crippen molar-refractivity contribution in [1.29, 1.82) is 0 Å². The van der Waals surface area contributed by atoms with E-state index in [2.05, 4.69) is 4.98 Å². The number of rotatable bonds is 3. The Labute approximate surface area is 84.1 Å². The molecule has 1 rings (SSSR count). The second-order valence-electron chi connectivity index (χ2n) is 2.98. The second kappa shape index (κ2) is 4.29. The quantitative estimate of drug-likeness (QED) is 0.836. The smallest absolute Gasteiger partial charge is 0.370 e. The number of hydrogen-bond acceptors (Lipinski definition) is 2. The molecule has 2 N–H and O–H groups in total. The fraction of sp³-hybridized carbons (Fsp3) is 0.333. The van der Waals surface area contributed by atoms with Crippen LogP contribution in [0, 0.1) is 0 Å². The number of aryl methyl sites for hydroxylation is 1. The number of carbonyl (C=O) groups excluding carboxylic acids is 1. The standard InChI is InChI=1S/C9H9F3N2O/c10-9(11,12)7-3-1-2-6(14-7)4-5-8(13)15/h1-3H,4-5H2,(H2,13,15). The normalized spacial score (nSPS) is 11.4. The van der Waals surface area contributed by atoms with Crippen LogP contribution in [0.5, 0.6) is 0 Å². The summed E-state index contributed by atoms with van der Waals surface area (Å²) in [5.74, 6) is -0.561. The first-order chi connectivity index (χ1) is 6.89. The maximum absolute atomic E-state index is 12.2. The first-order valence-corrected chi connectivity index (χ1v) is 4.21. The average Bonchev–Trinajstić information content (AvgIpc) is 2.14. The van der Waals surface area contributed by atoms with Gasteiger partial charge in [0.15, 0.2) is 0 Å². The Morgan fingerprint density at radius 3 is 2.60 bits per heavy atom. The molecule has 0 saturated carbocycles. The van der Waals surface area contributed by atoms with Gasteiger partial charge in [0.2, 0.25) is 5.91 Å². The Morgan fingerprint density at radius 2 is 2.07 bits per heavy atom. The zero-order valence-corrected chi connectivity index (χ0v) is 7.71. The zero-order chi connectivity index (χ0) is 11.5. The predicted octanol–water partition coefficient (Wildman–Crippen LogP) is 1.52. The molecule has 0 fully saturated rings. The Hall–Kier alpha value is -1.59. The van der Waals surface area contributed by atoms with Crippen LogP contribution in [0.25, 0.3) is 0 Å². The van der Waals surface area contributed by atoms with E-state index in [9.17, 15) is 18.0 Å². The van der Waals surface area contributed by atoms with E-state index >= 15 is 0 Å². The Balaban J connectivity index is 2.79. The van der Waals surface area contributed by atoms with Gasteiger partial charge in [0, 0.05) is 12.1 Å². The summed E-state index contributed by atoms with van der Waals surface area (Å²) in [4.78, 5) is 13.8. The molecule has 0 saturated heterocycles. The molecule has 1 aromatic rings. The Bertz CT molecular complexity index is 363. The maximum Gasteiger partial charge on any atom is 0.433 e. The van der Waals surface area contributed by atoms with E-state index in [0.29, 0.717) is 0 Å². The highest BCUT2D eigenvalue weighted by molar-refractivity contribution is 5.73. The van der Waals surface area contributed by atoms with Crippen LogP contribution >= 0.6 is 0 Å². The minimum atomic E-state index is -4.46. The molecule has 1 amide bonds. The van der Waals surface area contributed by atoms with E-state index in [1.54, 1.807) is 0 Å². The van der Waals surface area contributed by atoms with Crippen molar-refractivity contribution in [2.24, 2.45) is 5.73 Å². The van der Waals surface area contributed by atoms with Crippen molar-refractivity contribution in [3.63, 3.8) is 0 Å². The number of aromatic nitrogens is 1. The molecule has 6 heteroatoms. The van der Waals surface area contributed by atoms with Gasteiger partial charge in [-0.25, -0.2) is 4.98 Å². The highest BCUT2D eigenvalue weighted by Crippen LogP contribution is 2.27. The number of amides is 1. The lowest BCUT2D eigenvalue weighted by Crippen LogP contribution is -2.13. The summed E-state index contributed by atoms with van der Waals surface area (Å²) in [6.45, 7) is 0. The van der Waals surface area contributed by atoms with Gasteiger partial charge < -0.3 is 5.73 Å². The monoisotopic (exact) mass is 218 g/mol. The largest absolute Gasteiger partial charge is 0.433 e. The molecule has 82 valence electrons. The van der Waals surface area contributed by atoms with E-state index < -0.39 is 17.8 Å². The molecule has 0 atom stereocenters. The highest BCUT2D eigenvalue weighted by atomic mass is 19.4. The Kier molecular flexibility index (Phi) is 3.28. The molecule has 0 bridgehead atoms. The number of pyridine rings is 1. The number of alkyl halides is 3. The number of halogens is 3. The van der Waals surface area contributed by atoms with Gasteiger partial charge in [-0.1, -0.05) is 6.07 Å². The predicted molar refractivity (Wildman–Crippen MR) is 46.8 cm³/mol. The van der Waals surface area contributed by atoms with Crippen LogP contribution in [0.1, 0.15) is 17.8 Å². The lowest BCUT2D eigenvalue weighted by atomic mass is 10.2. The molecule has 0 radical (unpaired) electrons. The van der Waals surface area contributed by atoms with Gasteiger partial charge in [0.1, 0.15) is 5.69 Å². The SMILES string of the molecule is NC(=O)CCc1cccc(C(F)(F)F)n1. The molecule has 0 aliphatic heterocycles. The number of nitrogens with two attached hydrogens (primary N) is 1. The van der Waals surface area contributed by atoms with Crippen molar-refractivity contribution in [2.45, 2.75) is 19.0 Å². The summed E-state index contributed by atoms with van der Waals surface area (Å²) in [5.41, 5.74) is 4.13.